The smallest absolute Gasteiger partial charge is 0.259 e. The summed E-state index contributed by atoms with van der Waals surface area (Å²) >= 11 is 0. The van der Waals surface area contributed by atoms with Crippen LogP contribution < -0.4 is 14.8 Å². The number of anilines is 1. The first kappa shape index (κ1) is 19.5. The quantitative estimate of drug-likeness (QED) is 0.632. The van der Waals surface area contributed by atoms with Crippen LogP contribution >= 0.6 is 0 Å². The van der Waals surface area contributed by atoms with Gasteiger partial charge in [0.1, 0.15) is 17.2 Å². The monoisotopic (exact) mass is 379 g/mol. The number of aromatic nitrogens is 2. The van der Waals surface area contributed by atoms with Crippen LogP contribution in [0.3, 0.4) is 0 Å². The number of aromatic amines is 1. The molecule has 0 aliphatic heterocycles. The Labute approximate surface area is 164 Å². The number of methoxy groups -OCH3 is 2. The SMILES string of the molecule is COc1cccc(-c2n[nH]c(CC(C)C)c2NC(=O)c2ccccc2OC)c1. The Hall–Kier alpha value is -3.28. The van der Waals surface area contributed by atoms with Gasteiger partial charge in [-0.1, -0.05) is 38.1 Å². The van der Waals surface area contributed by atoms with Crippen molar-refractivity contribution < 1.29 is 14.3 Å². The Morgan fingerprint density at radius 1 is 1.11 bits per heavy atom. The molecule has 146 valence electrons. The van der Waals surface area contributed by atoms with Gasteiger partial charge < -0.3 is 14.8 Å². The molecule has 0 saturated carbocycles. The molecule has 2 aromatic carbocycles. The van der Waals surface area contributed by atoms with E-state index in [1.54, 1.807) is 26.4 Å². The second-order valence-electron chi connectivity index (χ2n) is 6.91. The fourth-order valence-electron chi connectivity index (χ4n) is 3.06. The van der Waals surface area contributed by atoms with E-state index in [0.29, 0.717) is 28.6 Å². The summed E-state index contributed by atoms with van der Waals surface area (Å²) in [6.07, 6.45) is 0.762. The summed E-state index contributed by atoms with van der Waals surface area (Å²) in [6, 6.07) is 14.8. The maximum atomic E-state index is 13.0. The molecule has 0 atom stereocenters. The number of carbonyl (C=O) groups excluding carboxylic acids is 1. The third kappa shape index (κ3) is 4.17. The normalized spacial score (nSPS) is 10.8. The van der Waals surface area contributed by atoms with E-state index in [1.165, 1.54) is 0 Å². The molecule has 0 unspecified atom stereocenters. The summed E-state index contributed by atoms with van der Waals surface area (Å²) in [7, 11) is 3.17. The molecule has 1 heterocycles. The molecule has 6 heteroatoms. The molecule has 1 aromatic heterocycles. The summed E-state index contributed by atoms with van der Waals surface area (Å²) in [6.45, 7) is 4.25. The zero-order valence-corrected chi connectivity index (χ0v) is 16.6. The van der Waals surface area contributed by atoms with E-state index in [1.807, 2.05) is 36.4 Å². The van der Waals surface area contributed by atoms with Gasteiger partial charge in [0.15, 0.2) is 0 Å². The first-order valence-corrected chi connectivity index (χ1v) is 9.19. The molecule has 0 radical (unpaired) electrons. The van der Waals surface area contributed by atoms with Gasteiger partial charge in [-0.25, -0.2) is 0 Å². The number of para-hydroxylation sites is 1. The average molecular weight is 379 g/mol. The van der Waals surface area contributed by atoms with E-state index in [-0.39, 0.29) is 5.91 Å². The highest BCUT2D eigenvalue weighted by Crippen LogP contribution is 2.33. The number of ether oxygens (including phenoxy) is 2. The van der Waals surface area contributed by atoms with Crippen molar-refractivity contribution in [3.05, 3.63) is 59.8 Å². The standard InChI is InChI=1S/C22H25N3O3/c1-14(2)12-18-21(23-22(26)17-10-5-6-11-19(17)28-4)20(25-24-18)15-8-7-9-16(13-15)27-3/h5-11,13-14H,12H2,1-4H3,(H,23,26)(H,24,25). The summed E-state index contributed by atoms with van der Waals surface area (Å²) in [5.74, 6) is 1.42. The molecule has 3 rings (SSSR count). The first-order valence-electron chi connectivity index (χ1n) is 9.19. The van der Waals surface area contributed by atoms with Gasteiger partial charge in [-0.05, 0) is 36.6 Å². The van der Waals surface area contributed by atoms with Gasteiger partial charge in [0, 0.05) is 5.56 Å². The van der Waals surface area contributed by atoms with E-state index >= 15 is 0 Å². The lowest BCUT2D eigenvalue weighted by atomic mass is 10.0. The summed E-state index contributed by atoms with van der Waals surface area (Å²) in [4.78, 5) is 13.0. The zero-order chi connectivity index (χ0) is 20.1. The highest BCUT2D eigenvalue weighted by molar-refractivity contribution is 6.08. The Morgan fingerprint density at radius 3 is 2.61 bits per heavy atom. The molecule has 0 aliphatic carbocycles. The van der Waals surface area contributed by atoms with Crippen LogP contribution in [-0.4, -0.2) is 30.3 Å². The van der Waals surface area contributed by atoms with Crippen molar-refractivity contribution in [3.8, 4) is 22.8 Å². The molecular formula is C22H25N3O3. The topological polar surface area (TPSA) is 76.2 Å². The van der Waals surface area contributed by atoms with Gasteiger partial charge in [0.25, 0.3) is 5.91 Å². The number of carbonyl (C=O) groups is 1. The maximum Gasteiger partial charge on any atom is 0.259 e. The molecule has 2 N–H and O–H groups in total. The minimum atomic E-state index is -0.243. The highest BCUT2D eigenvalue weighted by atomic mass is 16.5. The van der Waals surface area contributed by atoms with Crippen molar-refractivity contribution in [2.45, 2.75) is 20.3 Å². The predicted molar refractivity (Wildman–Crippen MR) is 110 cm³/mol. The van der Waals surface area contributed by atoms with Gasteiger partial charge in [-0.2, -0.15) is 5.10 Å². The lowest BCUT2D eigenvalue weighted by molar-refractivity contribution is 0.102. The van der Waals surface area contributed by atoms with Crippen LogP contribution in [0.2, 0.25) is 0 Å². The van der Waals surface area contributed by atoms with Crippen LogP contribution in [0.15, 0.2) is 48.5 Å². The fourth-order valence-corrected chi connectivity index (χ4v) is 3.06. The van der Waals surface area contributed by atoms with Crippen molar-refractivity contribution in [2.24, 2.45) is 5.92 Å². The van der Waals surface area contributed by atoms with Crippen LogP contribution in [-0.2, 0) is 6.42 Å². The summed E-state index contributed by atoms with van der Waals surface area (Å²) in [5, 5.41) is 10.6. The molecule has 0 fully saturated rings. The van der Waals surface area contributed by atoms with Crippen LogP contribution in [0, 0.1) is 5.92 Å². The van der Waals surface area contributed by atoms with E-state index in [0.717, 1.165) is 23.4 Å². The van der Waals surface area contributed by atoms with E-state index < -0.39 is 0 Å². The van der Waals surface area contributed by atoms with Gasteiger partial charge in [-0.3, -0.25) is 9.89 Å². The molecule has 6 nitrogen and oxygen atoms in total. The molecular weight excluding hydrogens is 354 g/mol. The number of rotatable bonds is 7. The van der Waals surface area contributed by atoms with Crippen LogP contribution in [0.25, 0.3) is 11.3 Å². The Balaban J connectivity index is 2.02. The van der Waals surface area contributed by atoms with Crippen molar-refractivity contribution in [1.29, 1.82) is 0 Å². The summed E-state index contributed by atoms with van der Waals surface area (Å²) < 4.78 is 10.7. The predicted octanol–water partition coefficient (Wildman–Crippen LogP) is 4.54. The number of nitrogens with zero attached hydrogens (tertiary/aromatic N) is 1. The van der Waals surface area contributed by atoms with Gasteiger partial charge in [0.2, 0.25) is 0 Å². The van der Waals surface area contributed by atoms with Crippen LogP contribution in [0.1, 0.15) is 29.9 Å². The lowest BCUT2D eigenvalue weighted by Crippen LogP contribution is -2.15. The molecule has 0 saturated heterocycles. The average Bonchev–Trinajstić information content (AvgIpc) is 3.09. The van der Waals surface area contributed by atoms with Crippen molar-refractivity contribution >= 4 is 11.6 Å². The second kappa shape index (κ2) is 8.61. The minimum absolute atomic E-state index is 0.243. The number of nitrogens with one attached hydrogen (secondary N) is 2. The van der Waals surface area contributed by atoms with Crippen LogP contribution in [0.5, 0.6) is 11.5 Å². The van der Waals surface area contributed by atoms with Crippen LogP contribution in [0.4, 0.5) is 5.69 Å². The lowest BCUT2D eigenvalue weighted by Gasteiger charge is -2.12. The second-order valence-corrected chi connectivity index (χ2v) is 6.91. The number of benzene rings is 2. The summed E-state index contributed by atoms with van der Waals surface area (Å²) in [5.41, 5.74) is 3.57. The first-order chi connectivity index (χ1) is 13.5. The van der Waals surface area contributed by atoms with Gasteiger partial charge in [-0.15, -0.1) is 0 Å². The molecule has 0 aliphatic rings. The van der Waals surface area contributed by atoms with Gasteiger partial charge in [0.05, 0.1) is 31.2 Å². The number of H-pyrrole nitrogens is 1. The van der Waals surface area contributed by atoms with Crippen molar-refractivity contribution in [3.63, 3.8) is 0 Å². The molecule has 0 bridgehead atoms. The fraction of sp³-hybridized carbons (Fsp3) is 0.273. The third-order valence-corrected chi connectivity index (χ3v) is 4.39. The largest absolute Gasteiger partial charge is 0.497 e. The Bertz CT molecular complexity index is 963. The van der Waals surface area contributed by atoms with Crippen molar-refractivity contribution in [2.75, 3.05) is 19.5 Å². The van der Waals surface area contributed by atoms with E-state index in [2.05, 4.69) is 29.4 Å². The number of hydrogen-bond acceptors (Lipinski definition) is 4. The molecule has 3 aromatic rings. The maximum absolute atomic E-state index is 13.0. The zero-order valence-electron chi connectivity index (χ0n) is 16.6. The van der Waals surface area contributed by atoms with E-state index in [9.17, 15) is 4.79 Å². The Kier molecular flexibility index (Phi) is 5.99. The molecule has 28 heavy (non-hydrogen) atoms. The third-order valence-electron chi connectivity index (χ3n) is 4.39. The highest BCUT2D eigenvalue weighted by Gasteiger charge is 2.20. The van der Waals surface area contributed by atoms with Gasteiger partial charge >= 0.3 is 0 Å². The molecule has 0 spiro atoms. The number of hydrogen-bond donors (Lipinski definition) is 2. The molecule has 1 amide bonds. The van der Waals surface area contributed by atoms with Crippen molar-refractivity contribution in [1.82, 2.24) is 10.2 Å². The number of amides is 1. The van der Waals surface area contributed by atoms with E-state index in [4.69, 9.17) is 9.47 Å². The minimum Gasteiger partial charge on any atom is -0.497 e. The Morgan fingerprint density at radius 2 is 1.89 bits per heavy atom.